The number of aryl methyl sites for hydroxylation is 1. The van der Waals surface area contributed by atoms with Crippen LogP contribution in [-0.2, 0) is 0 Å². The molecule has 0 N–H and O–H groups in total. The second-order valence-electron chi connectivity index (χ2n) is 4.07. The molecule has 0 saturated carbocycles. The van der Waals surface area contributed by atoms with Gasteiger partial charge in [0, 0.05) is 26.4 Å². The van der Waals surface area contributed by atoms with E-state index in [1.54, 1.807) is 32.3 Å². The van der Waals surface area contributed by atoms with E-state index < -0.39 is 0 Å². The molecule has 0 aliphatic carbocycles. The molecule has 5 nitrogen and oxygen atoms in total. The monoisotopic (exact) mass is 275 g/mol. The van der Waals surface area contributed by atoms with Crippen LogP contribution in [0.15, 0.2) is 24.5 Å². The van der Waals surface area contributed by atoms with Crippen LogP contribution in [0.3, 0.4) is 0 Å². The number of carbonyl (C=O) groups excluding carboxylic acids is 2. The van der Waals surface area contributed by atoms with Gasteiger partial charge in [0.2, 0.25) is 0 Å². The number of aromatic nitrogens is 2. The number of hydrogen-bond acceptors (Lipinski definition) is 5. The first-order valence-corrected chi connectivity index (χ1v) is 6.49. The molecule has 0 fully saturated rings. The summed E-state index contributed by atoms with van der Waals surface area (Å²) in [4.78, 5) is 33.8. The summed E-state index contributed by atoms with van der Waals surface area (Å²) in [7, 11) is 1.64. The van der Waals surface area contributed by atoms with Crippen molar-refractivity contribution < 1.29 is 9.59 Å². The fourth-order valence-electron chi connectivity index (χ4n) is 1.62. The highest BCUT2D eigenvalue weighted by atomic mass is 32.1. The van der Waals surface area contributed by atoms with Gasteiger partial charge in [0.05, 0.1) is 16.1 Å². The second kappa shape index (κ2) is 5.27. The molecular formula is C13H13N3O2S. The van der Waals surface area contributed by atoms with Crippen molar-refractivity contribution in [1.29, 1.82) is 0 Å². The van der Waals surface area contributed by atoms with Crippen molar-refractivity contribution in [3.05, 3.63) is 40.7 Å². The molecule has 0 atom stereocenters. The number of Topliss-reactive ketones (excluding diaryl/α,β-unsaturated/α-hetero) is 1. The first-order valence-electron chi connectivity index (χ1n) is 5.67. The standard InChI is InChI=1S/C13H13N3O2S/c1-8-11(9(2)17)19-13(15-8)16(3)12(18)10-5-4-6-14-7-10/h4-7H,1-3H3. The Hall–Kier alpha value is -2.08. The molecule has 19 heavy (non-hydrogen) atoms. The van der Waals surface area contributed by atoms with Crippen molar-refractivity contribution in [2.45, 2.75) is 13.8 Å². The lowest BCUT2D eigenvalue weighted by Gasteiger charge is -2.13. The molecule has 0 spiro atoms. The molecule has 0 aliphatic rings. The van der Waals surface area contributed by atoms with E-state index in [1.165, 1.54) is 29.4 Å². The Morgan fingerprint density at radius 2 is 2.11 bits per heavy atom. The summed E-state index contributed by atoms with van der Waals surface area (Å²) in [5.74, 6) is -0.236. The second-order valence-corrected chi connectivity index (χ2v) is 5.05. The van der Waals surface area contributed by atoms with E-state index in [9.17, 15) is 9.59 Å². The molecule has 0 unspecified atom stereocenters. The number of anilines is 1. The number of rotatable bonds is 3. The summed E-state index contributed by atoms with van der Waals surface area (Å²) in [6.45, 7) is 3.26. The lowest BCUT2D eigenvalue weighted by Crippen LogP contribution is -2.26. The van der Waals surface area contributed by atoms with Crippen LogP contribution in [0.5, 0.6) is 0 Å². The van der Waals surface area contributed by atoms with E-state index in [-0.39, 0.29) is 11.7 Å². The van der Waals surface area contributed by atoms with E-state index in [1.807, 2.05) is 0 Å². The Morgan fingerprint density at radius 1 is 1.37 bits per heavy atom. The molecule has 0 aromatic carbocycles. The summed E-state index contributed by atoms with van der Waals surface area (Å²) in [6.07, 6.45) is 3.11. The van der Waals surface area contributed by atoms with E-state index in [0.29, 0.717) is 21.3 Å². The number of nitrogens with zero attached hydrogens (tertiary/aromatic N) is 3. The Morgan fingerprint density at radius 3 is 2.63 bits per heavy atom. The highest BCUT2D eigenvalue weighted by Crippen LogP contribution is 2.26. The molecule has 2 rings (SSSR count). The molecule has 1 amide bonds. The topological polar surface area (TPSA) is 63.2 Å². The summed E-state index contributed by atoms with van der Waals surface area (Å²) in [5.41, 5.74) is 1.14. The number of amides is 1. The van der Waals surface area contributed by atoms with Crippen molar-refractivity contribution in [1.82, 2.24) is 9.97 Å². The maximum Gasteiger partial charge on any atom is 0.261 e. The van der Waals surface area contributed by atoms with Gasteiger partial charge < -0.3 is 0 Å². The minimum atomic E-state index is -0.197. The quantitative estimate of drug-likeness (QED) is 0.806. The zero-order valence-electron chi connectivity index (χ0n) is 10.9. The van der Waals surface area contributed by atoms with Gasteiger partial charge in [0.15, 0.2) is 10.9 Å². The summed E-state index contributed by atoms with van der Waals surface area (Å²) < 4.78 is 0. The normalized spacial score (nSPS) is 10.3. The fraction of sp³-hybridized carbons (Fsp3) is 0.231. The molecule has 98 valence electrons. The van der Waals surface area contributed by atoms with Crippen LogP contribution in [0, 0.1) is 6.92 Å². The lowest BCUT2D eigenvalue weighted by atomic mass is 10.2. The van der Waals surface area contributed by atoms with E-state index in [4.69, 9.17) is 0 Å². The molecule has 6 heteroatoms. The zero-order chi connectivity index (χ0) is 14.0. The Kier molecular flexibility index (Phi) is 3.71. The maximum absolute atomic E-state index is 12.2. The van der Waals surface area contributed by atoms with Gasteiger partial charge in [0.1, 0.15) is 0 Å². The third kappa shape index (κ3) is 2.68. The molecule has 2 aromatic rings. The average Bonchev–Trinajstić information content (AvgIpc) is 2.80. The molecule has 0 aliphatic heterocycles. The molecule has 0 radical (unpaired) electrons. The van der Waals surface area contributed by atoms with Crippen molar-refractivity contribution in [2.24, 2.45) is 0 Å². The van der Waals surface area contributed by atoms with Gasteiger partial charge in [-0.2, -0.15) is 0 Å². The smallest absolute Gasteiger partial charge is 0.261 e. The Labute approximate surface area is 114 Å². The minimum absolute atomic E-state index is 0.0384. The lowest BCUT2D eigenvalue weighted by molar-refractivity contribution is 0.0990. The van der Waals surface area contributed by atoms with Crippen molar-refractivity contribution >= 4 is 28.2 Å². The highest BCUT2D eigenvalue weighted by molar-refractivity contribution is 7.17. The van der Waals surface area contributed by atoms with Crippen LogP contribution in [-0.4, -0.2) is 28.7 Å². The van der Waals surface area contributed by atoms with Gasteiger partial charge in [-0.15, -0.1) is 0 Å². The van der Waals surface area contributed by atoms with Gasteiger partial charge in [-0.3, -0.25) is 19.5 Å². The average molecular weight is 275 g/mol. The van der Waals surface area contributed by atoms with Gasteiger partial charge >= 0.3 is 0 Å². The fourth-order valence-corrected chi connectivity index (χ4v) is 2.54. The van der Waals surface area contributed by atoms with Crippen LogP contribution in [0.25, 0.3) is 0 Å². The number of pyridine rings is 1. The summed E-state index contributed by atoms with van der Waals surface area (Å²) >= 11 is 1.22. The van der Waals surface area contributed by atoms with Crippen molar-refractivity contribution in [2.75, 3.05) is 11.9 Å². The molecule has 0 saturated heterocycles. The van der Waals surface area contributed by atoms with Crippen LogP contribution in [0.4, 0.5) is 5.13 Å². The molecule has 2 heterocycles. The Bertz CT molecular complexity index is 622. The Balaban J connectivity index is 2.30. The van der Waals surface area contributed by atoms with Crippen LogP contribution in [0.2, 0.25) is 0 Å². The molecule has 2 aromatic heterocycles. The minimum Gasteiger partial charge on any atom is -0.294 e. The highest BCUT2D eigenvalue weighted by Gasteiger charge is 2.19. The van der Waals surface area contributed by atoms with E-state index in [2.05, 4.69) is 9.97 Å². The van der Waals surface area contributed by atoms with Crippen molar-refractivity contribution in [3.63, 3.8) is 0 Å². The SMILES string of the molecule is CC(=O)c1sc(N(C)C(=O)c2cccnc2)nc1C. The van der Waals surface area contributed by atoms with E-state index in [0.717, 1.165) is 0 Å². The summed E-state index contributed by atoms with van der Waals surface area (Å²) in [5, 5.41) is 0.511. The first kappa shape index (κ1) is 13.4. The first-order chi connectivity index (χ1) is 9.00. The summed E-state index contributed by atoms with van der Waals surface area (Å²) in [6, 6.07) is 3.40. The number of hydrogen-bond donors (Lipinski definition) is 0. The third-order valence-electron chi connectivity index (χ3n) is 2.61. The van der Waals surface area contributed by atoms with Gasteiger partial charge in [-0.25, -0.2) is 4.98 Å². The van der Waals surface area contributed by atoms with Crippen LogP contribution < -0.4 is 4.90 Å². The third-order valence-corrected chi connectivity index (χ3v) is 3.94. The predicted octanol–water partition coefficient (Wildman–Crippen LogP) is 2.33. The molecule has 0 bridgehead atoms. The zero-order valence-corrected chi connectivity index (χ0v) is 11.7. The van der Waals surface area contributed by atoms with Crippen LogP contribution in [0.1, 0.15) is 32.6 Å². The number of ketones is 1. The largest absolute Gasteiger partial charge is 0.294 e. The van der Waals surface area contributed by atoms with Gasteiger partial charge in [-0.05, 0) is 19.1 Å². The van der Waals surface area contributed by atoms with E-state index >= 15 is 0 Å². The van der Waals surface area contributed by atoms with Gasteiger partial charge in [-0.1, -0.05) is 11.3 Å². The maximum atomic E-state index is 12.2. The van der Waals surface area contributed by atoms with Crippen molar-refractivity contribution in [3.8, 4) is 0 Å². The van der Waals surface area contributed by atoms with Gasteiger partial charge in [0.25, 0.3) is 5.91 Å². The number of thiazole rings is 1. The molecular weight excluding hydrogens is 262 g/mol. The number of carbonyl (C=O) groups is 2. The predicted molar refractivity (Wildman–Crippen MR) is 73.8 cm³/mol. The van der Waals surface area contributed by atoms with Crippen LogP contribution >= 0.6 is 11.3 Å².